The van der Waals surface area contributed by atoms with Crippen molar-refractivity contribution in [2.75, 3.05) is 0 Å². The Bertz CT molecular complexity index is 806. The summed E-state index contributed by atoms with van der Waals surface area (Å²) in [5.41, 5.74) is 1.61. The fourth-order valence-corrected chi connectivity index (χ4v) is 3.89. The molecule has 24 heavy (non-hydrogen) atoms. The van der Waals surface area contributed by atoms with E-state index in [1.54, 1.807) is 0 Å². The van der Waals surface area contributed by atoms with Crippen molar-refractivity contribution in [1.29, 1.82) is 0 Å². The van der Waals surface area contributed by atoms with E-state index in [-0.39, 0.29) is 11.3 Å². The van der Waals surface area contributed by atoms with Crippen LogP contribution in [0.3, 0.4) is 0 Å². The molecule has 0 radical (unpaired) electrons. The van der Waals surface area contributed by atoms with Crippen molar-refractivity contribution in [2.45, 2.75) is 23.4 Å². The Morgan fingerprint density at radius 3 is 2.50 bits per heavy atom. The summed E-state index contributed by atoms with van der Waals surface area (Å²) in [7, 11) is -4.84. The van der Waals surface area contributed by atoms with Gasteiger partial charge in [-0.1, -0.05) is 24.3 Å². The van der Waals surface area contributed by atoms with Gasteiger partial charge in [-0.25, -0.2) is 0 Å². The molecule has 0 saturated carbocycles. The number of hydrogen-bond acceptors (Lipinski definition) is 5. The molecule has 0 aliphatic carbocycles. The first kappa shape index (κ1) is 18.6. The summed E-state index contributed by atoms with van der Waals surface area (Å²) in [4.78, 5) is 29.0. The number of non-ortho nitro benzene ring substituents is 1. The lowest BCUT2D eigenvalue weighted by atomic mass is 10.1. The van der Waals surface area contributed by atoms with Gasteiger partial charge in [0.25, 0.3) is 5.69 Å². The first-order chi connectivity index (χ1) is 11.2. The minimum Gasteiger partial charge on any atom is -0.376 e. The molecule has 3 N–H and O–H groups in total. The van der Waals surface area contributed by atoms with Crippen LogP contribution in [0.25, 0.3) is 0 Å². The molecule has 9 heteroatoms. The van der Waals surface area contributed by atoms with Crippen LogP contribution >= 0.6 is 19.4 Å². The first-order valence-corrected chi connectivity index (χ1v) is 9.56. The molecule has 7 nitrogen and oxygen atoms in total. The van der Waals surface area contributed by atoms with Crippen LogP contribution in [0.5, 0.6) is 0 Å². The number of aliphatic hydroxyl groups excluding tert-OH is 1. The Balaban J connectivity index is 2.36. The number of rotatable bonds is 6. The van der Waals surface area contributed by atoms with E-state index in [2.05, 4.69) is 0 Å². The third-order valence-corrected chi connectivity index (χ3v) is 5.50. The molecular formula is C15H16NO6PS. The molecule has 0 aliphatic rings. The number of nitro benzene ring substituents is 1. The fourth-order valence-electron chi connectivity index (χ4n) is 2.09. The number of nitrogens with zero attached hydrogens (tertiary/aromatic N) is 1. The van der Waals surface area contributed by atoms with Gasteiger partial charge in [0, 0.05) is 28.3 Å². The average Bonchev–Trinajstić information content (AvgIpc) is 2.52. The van der Waals surface area contributed by atoms with E-state index in [9.17, 15) is 29.6 Å². The molecule has 1 unspecified atom stereocenters. The van der Waals surface area contributed by atoms with Crippen molar-refractivity contribution in [1.82, 2.24) is 0 Å². The van der Waals surface area contributed by atoms with E-state index in [0.717, 1.165) is 17.2 Å². The quantitative estimate of drug-likeness (QED) is 0.309. The van der Waals surface area contributed by atoms with Crippen molar-refractivity contribution in [2.24, 2.45) is 0 Å². The molecule has 1 atom stereocenters. The molecule has 0 amide bonds. The summed E-state index contributed by atoms with van der Waals surface area (Å²) in [5, 5.41) is 20.8. The van der Waals surface area contributed by atoms with Crippen LogP contribution in [0.1, 0.15) is 22.5 Å². The van der Waals surface area contributed by atoms with Crippen molar-refractivity contribution in [3.63, 3.8) is 0 Å². The Morgan fingerprint density at radius 2 is 1.92 bits per heavy atom. The Labute approximate surface area is 142 Å². The zero-order valence-electron chi connectivity index (χ0n) is 12.7. The predicted molar refractivity (Wildman–Crippen MR) is 90.8 cm³/mol. The van der Waals surface area contributed by atoms with E-state index in [4.69, 9.17) is 0 Å². The van der Waals surface area contributed by atoms with Gasteiger partial charge in [-0.2, -0.15) is 0 Å². The van der Waals surface area contributed by atoms with E-state index >= 15 is 0 Å². The van der Waals surface area contributed by atoms with E-state index in [0.29, 0.717) is 10.6 Å². The van der Waals surface area contributed by atoms with Crippen molar-refractivity contribution in [3.8, 4) is 0 Å². The zero-order chi connectivity index (χ0) is 17.9. The maximum Gasteiger partial charge on any atom is 0.358 e. The van der Waals surface area contributed by atoms with E-state index in [1.165, 1.54) is 23.9 Å². The molecule has 0 bridgehead atoms. The molecule has 2 aromatic carbocycles. The number of nitro groups is 1. The van der Waals surface area contributed by atoms with Gasteiger partial charge < -0.3 is 14.9 Å². The molecule has 0 aromatic heterocycles. The number of benzene rings is 2. The van der Waals surface area contributed by atoms with Gasteiger partial charge >= 0.3 is 7.60 Å². The summed E-state index contributed by atoms with van der Waals surface area (Å²) < 4.78 is 11.4. The fraction of sp³-hybridized carbons (Fsp3) is 0.200. The van der Waals surface area contributed by atoms with Gasteiger partial charge in [-0.3, -0.25) is 14.7 Å². The third-order valence-electron chi connectivity index (χ3n) is 3.45. The second-order valence-electron chi connectivity index (χ2n) is 5.16. The first-order valence-electron chi connectivity index (χ1n) is 6.89. The molecule has 0 aliphatic heterocycles. The lowest BCUT2D eigenvalue weighted by Gasteiger charge is -2.16. The maximum absolute atomic E-state index is 11.4. The lowest BCUT2D eigenvalue weighted by molar-refractivity contribution is -0.385. The smallest absolute Gasteiger partial charge is 0.358 e. The van der Waals surface area contributed by atoms with Gasteiger partial charge in [0.05, 0.1) is 4.92 Å². The predicted octanol–water partition coefficient (Wildman–Crippen LogP) is 3.36. The van der Waals surface area contributed by atoms with Crippen molar-refractivity contribution >= 4 is 25.0 Å². The minimum absolute atomic E-state index is 0.142. The van der Waals surface area contributed by atoms with E-state index in [1.807, 2.05) is 31.2 Å². The summed E-state index contributed by atoms with van der Waals surface area (Å²) in [6, 6.07) is 11.3. The van der Waals surface area contributed by atoms with Crippen molar-refractivity contribution < 1.29 is 24.4 Å². The highest BCUT2D eigenvalue weighted by Gasteiger charge is 2.31. The highest BCUT2D eigenvalue weighted by Crippen LogP contribution is 2.52. The molecular weight excluding hydrogens is 353 g/mol. The lowest BCUT2D eigenvalue weighted by Crippen LogP contribution is -2.02. The Kier molecular flexibility index (Phi) is 5.79. The van der Waals surface area contributed by atoms with Gasteiger partial charge in [0.15, 0.2) is 5.85 Å². The zero-order valence-corrected chi connectivity index (χ0v) is 14.4. The summed E-state index contributed by atoms with van der Waals surface area (Å²) in [5.74, 6) is -1.59. The highest BCUT2D eigenvalue weighted by atomic mass is 32.2. The van der Waals surface area contributed by atoms with Crippen LogP contribution in [0.15, 0.2) is 47.4 Å². The summed E-state index contributed by atoms with van der Waals surface area (Å²) in [6.07, 6.45) is 0. The number of aliphatic hydroxyl groups is 1. The Hall–Kier alpha value is -1.70. The molecule has 2 aromatic rings. The van der Waals surface area contributed by atoms with Gasteiger partial charge in [-0.05, 0) is 24.1 Å². The molecule has 2 rings (SSSR count). The molecule has 0 heterocycles. The SMILES string of the molecule is Cc1ccccc1CSc1ccc([N+](=O)[O-])cc1C(O)P(=O)(O)O. The van der Waals surface area contributed by atoms with Crippen LogP contribution in [0.2, 0.25) is 0 Å². The second kappa shape index (κ2) is 7.46. The molecule has 0 saturated heterocycles. The molecule has 128 valence electrons. The van der Waals surface area contributed by atoms with Crippen LogP contribution in [0, 0.1) is 17.0 Å². The number of thioether (sulfide) groups is 1. The Morgan fingerprint density at radius 1 is 1.25 bits per heavy atom. The second-order valence-corrected chi connectivity index (χ2v) is 7.84. The van der Waals surface area contributed by atoms with E-state index < -0.39 is 18.4 Å². The van der Waals surface area contributed by atoms with Gasteiger partial charge in [-0.15, -0.1) is 11.8 Å². The summed E-state index contributed by atoms with van der Waals surface area (Å²) >= 11 is 1.25. The standard InChI is InChI=1S/C15H16NO6PS/c1-10-4-2-3-5-11(10)9-24-14-7-6-12(16(18)19)8-13(14)15(17)23(20,21)22/h2-8,15,17H,9H2,1H3,(H2,20,21,22). The normalized spacial score (nSPS) is 12.8. The van der Waals surface area contributed by atoms with Crippen molar-refractivity contribution in [3.05, 3.63) is 69.3 Å². The number of aryl methyl sites for hydroxylation is 1. The molecule has 0 fully saturated rings. The monoisotopic (exact) mass is 369 g/mol. The van der Waals surface area contributed by atoms with Crippen LogP contribution in [-0.2, 0) is 10.3 Å². The summed E-state index contributed by atoms with van der Waals surface area (Å²) in [6.45, 7) is 1.94. The molecule has 0 spiro atoms. The largest absolute Gasteiger partial charge is 0.376 e. The topological polar surface area (TPSA) is 121 Å². The third kappa shape index (κ3) is 4.43. The average molecular weight is 369 g/mol. The van der Waals surface area contributed by atoms with Gasteiger partial charge in [0.2, 0.25) is 0 Å². The van der Waals surface area contributed by atoms with Crippen LogP contribution < -0.4 is 0 Å². The van der Waals surface area contributed by atoms with Crippen LogP contribution in [-0.4, -0.2) is 19.8 Å². The van der Waals surface area contributed by atoms with Crippen LogP contribution in [0.4, 0.5) is 5.69 Å². The number of hydrogen-bond donors (Lipinski definition) is 3. The minimum atomic E-state index is -4.84. The van der Waals surface area contributed by atoms with Gasteiger partial charge in [0.1, 0.15) is 0 Å². The highest BCUT2D eigenvalue weighted by molar-refractivity contribution is 7.98. The maximum atomic E-state index is 11.4.